The van der Waals surface area contributed by atoms with Crippen molar-refractivity contribution >= 4 is 37.2 Å². The first-order chi connectivity index (χ1) is 12.5. The molecule has 12 heteroatoms. The summed E-state index contributed by atoms with van der Waals surface area (Å²) in [7, 11) is 0. The summed E-state index contributed by atoms with van der Waals surface area (Å²) in [6.45, 7) is 3.79. The van der Waals surface area contributed by atoms with Gasteiger partial charge in [-0.3, -0.25) is 9.59 Å². The third-order valence-corrected chi connectivity index (χ3v) is 2.40. The highest BCUT2D eigenvalue weighted by Gasteiger charge is 1.91. The van der Waals surface area contributed by atoms with Gasteiger partial charge in [-0.25, -0.2) is 0 Å². The summed E-state index contributed by atoms with van der Waals surface area (Å²) in [5.41, 5.74) is 0. The van der Waals surface area contributed by atoms with Crippen molar-refractivity contribution in [2.45, 2.75) is 0 Å². The first-order valence-corrected chi connectivity index (χ1v) is 8.90. The first kappa shape index (κ1) is 30.1. The van der Waals surface area contributed by atoms with Crippen molar-refractivity contribution < 1.29 is 49.0 Å². The fourth-order valence-electron chi connectivity index (χ4n) is 0.891. The van der Waals surface area contributed by atoms with Crippen LogP contribution in [0.5, 0.6) is 0 Å². The molecule has 10 nitrogen and oxygen atoms in total. The molecule has 0 fully saturated rings. The van der Waals surface area contributed by atoms with E-state index in [0.29, 0.717) is 52.9 Å². The van der Waals surface area contributed by atoms with Crippen LogP contribution < -0.4 is 0 Å². The van der Waals surface area contributed by atoms with Gasteiger partial charge in [0, 0.05) is 0 Å². The number of ether oxygens (including phenoxy) is 4. The Labute approximate surface area is 164 Å². The van der Waals surface area contributed by atoms with Crippen LogP contribution in [-0.2, 0) is 28.5 Å². The molecule has 0 aliphatic rings. The number of carboxylic acids is 2. The number of aliphatic hydroxyl groups is 2. The number of carboxylic acid groups (broad SMARTS) is 2. The smallest absolute Gasteiger partial charge is 0.313 e. The van der Waals surface area contributed by atoms with Crippen LogP contribution in [0, 0.1) is 0 Å². The molecule has 0 aromatic rings. The Kier molecular flexibility index (Phi) is 33.8. The van der Waals surface area contributed by atoms with Gasteiger partial charge in [-0.1, -0.05) is 0 Å². The van der Waals surface area contributed by atoms with Gasteiger partial charge in [0.25, 0.3) is 0 Å². The fourth-order valence-corrected chi connectivity index (χ4v) is 0.891. The normalized spacial score (nSPS) is 9.54. The van der Waals surface area contributed by atoms with Crippen LogP contribution in [0.3, 0.4) is 0 Å². The zero-order valence-corrected chi connectivity index (χ0v) is 16.4. The SMILES string of the molecule is O=C(O)CS.O=C(O)CS.OCCOCCOCCOCCOCCO. The van der Waals surface area contributed by atoms with Gasteiger partial charge in [-0.2, -0.15) is 25.3 Å². The second-order valence-electron chi connectivity index (χ2n) is 4.00. The lowest BCUT2D eigenvalue weighted by Gasteiger charge is -2.06. The standard InChI is InChI=1S/C10H22O6.2C2H4O2S/c11-1-3-13-5-7-15-9-10-16-8-6-14-4-2-12;2*3-2(4)1-5/h11-12H,1-10H2;2*5H,1H2,(H,3,4). The maximum atomic E-state index is 9.29. The van der Waals surface area contributed by atoms with E-state index in [4.69, 9.17) is 39.4 Å². The van der Waals surface area contributed by atoms with E-state index in [1.165, 1.54) is 0 Å². The number of aliphatic hydroxyl groups excluding tert-OH is 2. The van der Waals surface area contributed by atoms with Crippen LogP contribution >= 0.6 is 25.3 Å². The van der Waals surface area contributed by atoms with Gasteiger partial charge in [0.15, 0.2) is 0 Å². The molecule has 0 atom stereocenters. The minimum atomic E-state index is -0.881. The van der Waals surface area contributed by atoms with E-state index in [9.17, 15) is 9.59 Å². The lowest BCUT2D eigenvalue weighted by molar-refractivity contribution is -0.134. The molecule has 0 spiro atoms. The van der Waals surface area contributed by atoms with Crippen molar-refractivity contribution in [2.24, 2.45) is 0 Å². The number of hydrogen-bond acceptors (Lipinski definition) is 10. The molecule has 0 unspecified atom stereocenters. The third kappa shape index (κ3) is 43.7. The highest BCUT2D eigenvalue weighted by molar-refractivity contribution is 7.81. The molecule has 0 aliphatic carbocycles. The molecule has 4 N–H and O–H groups in total. The second-order valence-corrected chi connectivity index (χ2v) is 4.63. The van der Waals surface area contributed by atoms with Crippen molar-refractivity contribution in [1.29, 1.82) is 0 Å². The van der Waals surface area contributed by atoms with Gasteiger partial charge in [0.1, 0.15) is 0 Å². The van der Waals surface area contributed by atoms with Crippen molar-refractivity contribution in [3.05, 3.63) is 0 Å². The topological polar surface area (TPSA) is 152 Å². The molecule has 0 aromatic heterocycles. The lowest BCUT2D eigenvalue weighted by atomic mass is 10.7. The Morgan fingerprint density at radius 1 is 0.577 bits per heavy atom. The van der Waals surface area contributed by atoms with Crippen molar-refractivity contribution in [3.8, 4) is 0 Å². The van der Waals surface area contributed by atoms with Crippen molar-refractivity contribution in [1.82, 2.24) is 0 Å². The second kappa shape index (κ2) is 29.2. The maximum Gasteiger partial charge on any atom is 0.313 e. The molecule has 0 saturated carbocycles. The molecule has 0 rings (SSSR count). The van der Waals surface area contributed by atoms with Crippen molar-refractivity contribution in [2.75, 3.05) is 77.6 Å². The highest BCUT2D eigenvalue weighted by Crippen LogP contribution is 1.82. The van der Waals surface area contributed by atoms with Crippen LogP contribution in [0.2, 0.25) is 0 Å². The van der Waals surface area contributed by atoms with Gasteiger partial charge < -0.3 is 39.4 Å². The molecule has 26 heavy (non-hydrogen) atoms. The van der Waals surface area contributed by atoms with E-state index in [-0.39, 0.29) is 24.7 Å². The van der Waals surface area contributed by atoms with Gasteiger partial charge in [0.2, 0.25) is 0 Å². The van der Waals surface area contributed by atoms with Crippen LogP contribution in [0.15, 0.2) is 0 Å². The average Bonchev–Trinajstić information content (AvgIpc) is 2.63. The van der Waals surface area contributed by atoms with Crippen LogP contribution in [0.1, 0.15) is 0 Å². The summed E-state index contributed by atoms with van der Waals surface area (Å²) in [4.78, 5) is 18.6. The number of rotatable bonds is 15. The molecular formula is C14H30O10S2. The number of hydrogen-bond donors (Lipinski definition) is 6. The van der Waals surface area contributed by atoms with Gasteiger partial charge in [0.05, 0.1) is 77.6 Å². The molecule has 0 amide bonds. The average molecular weight is 423 g/mol. The Balaban J connectivity index is -0.000000433. The Morgan fingerprint density at radius 2 is 0.769 bits per heavy atom. The van der Waals surface area contributed by atoms with Gasteiger partial charge in [-0.05, 0) is 0 Å². The van der Waals surface area contributed by atoms with Gasteiger partial charge >= 0.3 is 11.9 Å². The Hall–Kier alpha value is -0.600. The summed E-state index contributed by atoms with van der Waals surface area (Å²) in [6, 6.07) is 0. The monoisotopic (exact) mass is 422 g/mol. The van der Waals surface area contributed by atoms with E-state index >= 15 is 0 Å². The molecule has 0 heterocycles. The quantitative estimate of drug-likeness (QED) is 0.144. The minimum absolute atomic E-state index is 0.0386. The third-order valence-electron chi connectivity index (χ3n) is 1.86. The van der Waals surface area contributed by atoms with E-state index in [0.717, 1.165) is 0 Å². The Bertz CT molecular complexity index is 267. The van der Waals surface area contributed by atoms with Crippen LogP contribution in [0.25, 0.3) is 0 Å². The zero-order chi connectivity index (χ0) is 20.5. The van der Waals surface area contributed by atoms with Crippen molar-refractivity contribution in [3.63, 3.8) is 0 Å². The summed E-state index contributed by atoms with van der Waals surface area (Å²) >= 11 is 6.83. The van der Waals surface area contributed by atoms with E-state index in [2.05, 4.69) is 25.3 Å². The molecule has 0 aromatic carbocycles. The molecule has 158 valence electrons. The first-order valence-electron chi connectivity index (χ1n) is 7.64. The molecule has 0 aliphatic heterocycles. The summed E-state index contributed by atoms with van der Waals surface area (Å²) < 4.78 is 20.4. The lowest BCUT2D eigenvalue weighted by Crippen LogP contribution is -2.13. The van der Waals surface area contributed by atoms with E-state index < -0.39 is 11.9 Å². The largest absolute Gasteiger partial charge is 0.481 e. The number of aliphatic carboxylic acids is 2. The summed E-state index contributed by atoms with van der Waals surface area (Å²) in [5, 5.41) is 32.1. The zero-order valence-electron chi connectivity index (χ0n) is 14.6. The van der Waals surface area contributed by atoms with E-state index in [1.807, 2.05) is 0 Å². The van der Waals surface area contributed by atoms with Crippen LogP contribution in [0.4, 0.5) is 0 Å². The molecular weight excluding hydrogens is 392 g/mol. The van der Waals surface area contributed by atoms with Gasteiger partial charge in [-0.15, -0.1) is 0 Å². The molecule has 0 bridgehead atoms. The minimum Gasteiger partial charge on any atom is -0.481 e. The predicted molar refractivity (Wildman–Crippen MR) is 100 cm³/mol. The molecule has 0 radical (unpaired) electrons. The highest BCUT2D eigenvalue weighted by atomic mass is 32.1. The van der Waals surface area contributed by atoms with Crippen LogP contribution in [-0.4, -0.2) is 110 Å². The summed E-state index contributed by atoms with van der Waals surface area (Å²) in [6.07, 6.45) is 0. The Morgan fingerprint density at radius 3 is 0.923 bits per heavy atom. The fraction of sp³-hybridized carbons (Fsp3) is 0.857. The number of thiol groups is 2. The number of carbonyl (C=O) groups is 2. The molecule has 0 saturated heterocycles. The maximum absolute atomic E-state index is 9.29. The van der Waals surface area contributed by atoms with E-state index in [1.54, 1.807) is 0 Å². The summed E-state index contributed by atoms with van der Waals surface area (Å²) in [5.74, 6) is -1.93. The predicted octanol–water partition coefficient (Wildman–Crippen LogP) is -0.961.